The number of methoxy groups -OCH3 is 1. The summed E-state index contributed by atoms with van der Waals surface area (Å²) < 4.78 is 11.0. The number of urea groups is 1. The maximum absolute atomic E-state index is 13.2. The molecule has 0 saturated carbocycles. The van der Waals surface area contributed by atoms with Crippen LogP contribution in [0.1, 0.15) is 30.0 Å². The van der Waals surface area contributed by atoms with Crippen LogP contribution in [0, 0.1) is 0 Å². The highest BCUT2D eigenvalue weighted by atomic mass is 35.5. The molecule has 1 unspecified atom stereocenters. The third kappa shape index (κ3) is 4.30. The van der Waals surface area contributed by atoms with Gasteiger partial charge in [0.1, 0.15) is 5.75 Å². The molecule has 2 aromatic heterocycles. The van der Waals surface area contributed by atoms with Crippen molar-refractivity contribution in [2.24, 2.45) is 0 Å². The summed E-state index contributed by atoms with van der Waals surface area (Å²) in [6, 6.07) is 18.2. The van der Waals surface area contributed by atoms with E-state index in [1.165, 1.54) is 11.3 Å². The van der Waals surface area contributed by atoms with Crippen molar-refractivity contribution in [2.75, 3.05) is 7.11 Å². The maximum atomic E-state index is 13.2. The Hall–Kier alpha value is -3.62. The first-order valence-corrected chi connectivity index (χ1v) is 11.8. The average Bonchev–Trinajstić information content (AvgIpc) is 3.54. The van der Waals surface area contributed by atoms with E-state index in [4.69, 9.17) is 20.9 Å². The van der Waals surface area contributed by atoms with Crippen LogP contribution in [0.3, 0.4) is 0 Å². The lowest BCUT2D eigenvalue weighted by atomic mass is 9.94. The maximum Gasteiger partial charge on any atom is 0.322 e. The smallest absolute Gasteiger partial charge is 0.322 e. The Balaban J connectivity index is 1.59. The number of nitrogens with one attached hydrogen (secondary N) is 1. The number of thiophene rings is 1. The molecule has 5 rings (SSSR count). The average molecular weight is 493 g/mol. The van der Waals surface area contributed by atoms with Gasteiger partial charge < -0.3 is 14.6 Å². The normalized spacial score (nSPS) is 16.0. The van der Waals surface area contributed by atoms with E-state index in [-0.39, 0.29) is 6.03 Å². The number of halogens is 1. The fourth-order valence-electron chi connectivity index (χ4n) is 3.95. The lowest BCUT2D eigenvalue weighted by Crippen LogP contribution is -2.45. The van der Waals surface area contributed by atoms with Gasteiger partial charge in [0, 0.05) is 10.7 Å². The van der Waals surface area contributed by atoms with E-state index < -0.39 is 6.04 Å². The first-order valence-electron chi connectivity index (χ1n) is 10.6. The van der Waals surface area contributed by atoms with Crippen molar-refractivity contribution >= 4 is 34.5 Å². The van der Waals surface area contributed by atoms with Crippen LogP contribution < -0.4 is 10.1 Å². The number of nitrogens with zero attached hydrogens (tertiary/aromatic N) is 3. The molecular weight excluding hydrogens is 472 g/mol. The van der Waals surface area contributed by atoms with Crippen molar-refractivity contribution in [1.29, 1.82) is 0 Å². The standard InChI is InChI=1S/C25H21ClN4O3S/c1-15-21(24-28-23(29-33-24)20-7-4-12-34-20)22(17-8-10-18(26)11-9-17)27-25(31)30(15)14-16-5-3-6-19(13-16)32-2/h3-13,22H,14H2,1-2H3,(H,27,31). The molecule has 2 aromatic carbocycles. The van der Waals surface area contributed by atoms with Crippen LogP contribution in [0.2, 0.25) is 5.02 Å². The van der Waals surface area contributed by atoms with E-state index in [1.54, 1.807) is 24.1 Å². The van der Waals surface area contributed by atoms with Crippen LogP contribution in [-0.2, 0) is 6.54 Å². The SMILES string of the molecule is COc1cccc(CN2C(=O)NC(c3ccc(Cl)cc3)C(c3nc(-c4cccs4)no3)=C2C)c1. The van der Waals surface area contributed by atoms with Crippen LogP contribution in [0.4, 0.5) is 4.79 Å². The second kappa shape index (κ2) is 9.32. The van der Waals surface area contributed by atoms with Gasteiger partial charge in [-0.1, -0.05) is 47.1 Å². The number of carbonyl (C=O) groups is 1. The second-order valence-corrected chi connectivity index (χ2v) is 9.16. The fourth-order valence-corrected chi connectivity index (χ4v) is 4.72. The molecule has 0 radical (unpaired) electrons. The topological polar surface area (TPSA) is 80.5 Å². The summed E-state index contributed by atoms with van der Waals surface area (Å²) in [6.07, 6.45) is 0. The molecule has 0 bridgehead atoms. The van der Waals surface area contributed by atoms with E-state index in [0.717, 1.165) is 33.0 Å². The number of hydrogen-bond acceptors (Lipinski definition) is 6. The molecule has 9 heteroatoms. The van der Waals surface area contributed by atoms with Crippen LogP contribution in [0.25, 0.3) is 16.3 Å². The Kier molecular flexibility index (Phi) is 6.08. The minimum absolute atomic E-state index is 0.220. The zero-order valence-electron chi connectivity index (χ0n) is 18.5. The summed E-state index contributed by atoms with van der Waals surface area (Å²) in [5.74, 6) is 1.60. The number of allylic oxidation sites excluding steroid dienone is 1. The molecule has 1 aliphatic rings. The Morgan fingerprint density at radius 2 is 2.00 bits per heavy atom. The van der Waals surface area contributed by atoms with E-state index in [2.05, 4.69) is 15.5 Å². The zero-order chi connectivity index (χ0) is 23.7. The predicted molar refractivity (Wildman–Crippen MR) is 131 cm³/mol. The number of ether oxygens (including phenoxy) is 1. The van der Waals surface area contributed by atoms with Gasteiger partial charge in [0.15, 0.2) is 0 Å². The van der Waals surface area contributed by atoms with Gasteiger partial charge in [0.2, 0.25) is 5.82 Å². The van der Waals surface area contributed by atoms with Crippen molar-refractivity contribution in [3.8, 4) is 16.5 Å². The molecule has 3 heterocycles. The molecule has 4 aromatic rings. The zero-order valence-corrected chi connectivity index (χ0v) is 20.1. The molecule has 0 aliphatic carbocycles. The molecule has 0 fully saturated rings. The van der Waals surface area contributed by atoms with Crippen molar-refractivity contribution < 1.29 is 14.1 Å². The highest BCUT2D eigenvalue weighted by Gasteiger charge is 2.35. The molecule has 172 valence electrons. The van der Waals surface area contributed by atoms with Crippen LogP contribution in [-0.4, -0.2) is 28.2 Å². The first kappa shape index (κ1) is 22.2. The highest BCUT2D eigenvalue weighted by molar-refractivity contribution is 7.13. The Morgan fingerprint density at radius 3 is 2.74 bits per heavy atom. The number of rotatable bonds is 6. The second-order valence-electron chi connectivity index (χ2n) is 7.77. The molecular formula is C25H21ClN4O3S. The highest BCUT2D eigenvalue weighted by Crippen LogP contribution is 2.38. The third-order valence-corrected chi connectivity index (χ3v) is 6.79. The molecule has 34 heavy (non-hydrogen) atoms. The number of hydrogen-bond donors (Lipinski definition) is 1. The Labute approximate surface area is 205 Å². The van der Waals surface area contributed by atoms with Crippen molar-refractivity contribution in [1.82, 2.24) is 20.4 Å². The summed E-state index contributed by atoms with van der Waals surface area (Å²) >= 11 is 7.64. The molecule has 0 saturated heterocycles. The van der Waals surface area contributed by atoms with Gasteiger partial charge in [0.05, 0.1) is 30.1 Å². The number of benzene rings is 2. The molecule has 1 atom stereocenters. The molecule has 7 nitrogen and oxygen atoms in total. The summed E-state index contributed by atoms with van der Waals surface area (Å²) in [6.45, 7) is 2.25. The monoisotopic (exact) mass is 492 g/mol. The van der Waals surface area contributed by atoms with Gasteiger partial charge in [-0.2, -0.15) is 4.98 Å². The summed E-state index contributed by atoms with van der Waals surface area (Å²) in [4.78, 5) is 20.5. The number of aromatic nitrogens is 2. The summed E-state index contributed by atoms with van der Waals surface area (Å²) in [7, 11) is 1.62. The lowest BCUT2D eigenvalue weighted by molar-refractivity contribution is 0.203. The summed E-state index contributed by atoms with van der Waals surface area (Å²) in [5.41, 5.74) is 3.26. The van der Waals surface area contributed by atoms with Crippen molar-refractivity contribution in [2.45, 2.75) is 19.5 Å². The Bertz CT molecular complexity index is 1350. The lowest BCUT2D eigenvalue weighted by Gasteiger charge is -2.35. The summed E-state index contributed by atoms with van der Waals surface area (Å²) in [5, 5.41) is 9.86. The molecule has 1 N–H and O–H groups in total. The van der Waals surface area contributed by atoms with Crippen molar-refractivity contribution in [3.05, 3.63) is 93.8 Å². The molecule has 1 aliphatic heterocycles. The van der Waals surface area contributed by atoms with Gasteiger partial charge >= 0.3 is 6.03 Å². The quantitative estimate of drug-likeness (QED) is 0.348. The first-order chi connectivity index (χ1) is 16.5. The van der Waals surface area contributed by atoms with E-state index in [9.17, 15) is 4.79 Å². The predicted octanol–water partition coefficient (Wildman–Crippen LogP) is 6.16. The van der Waals surface area contributed by atoms with Gasteiger partial charge in [-0.3, -0.25) is 4.90 Å². The van der Waals surface area contributed by atoms with Gasteiger partial charge in [-0.05, 0) is 53.8 Å². The van der Waals surface area contributed by atoms with Crippen molar-refractivity contribution in [3.63, 3.8) is 0 Å². The Morgan fingerprint density at radius 1 is 1.18 bits per heavy atom. The largest absolute Gasteiger partial charge is 0.497 e. The van der Waals surface area contributed by atoms with E-state index in [0.29, 0.717) is 23.3 Å². The molecule has 2 amide bonds. The van der Waals surface area contributed by atoms with Crippen LogP contribution >= 0.6 is 22.9 Å². The van der Waals surface area contributed by atoms with E-state index >= 15 is 0 Å². The molecule has 0 spiro atoms. The van der Waals surface area contributed by atoms with E-state index in [1.807, 2.05) is 60.8 Å². The number of carbonyl (C=O) groups excluding carboxylic acids is 1. The third-order valence-electron chi connectivity index (χ3n) is 5.67. The van der Waals surface area contributed by atoms with Crippen LogP contribution in [0.15, 0.2) is 76.3 Å². The minimum atomic E-state index is -0.469. The fraction of sp³-hybridized carbons (Fsp3) is 0.160. The van der Waals surface area contributed by atoms with Gasteiger partial charge in [-0.15, -0.1) is 11.3 Å². The van der Waals surface area contributed by atoms with Gasteiger partial charge in [0.25, 0.3) is 5.89 Å². The minimum Gasteiger partial charge on any atom is -0.497 e. The van der Waals surface area contributed by atoms with Gasteiger partial charge in [-0.25, -0.2) is 4.79 Å². The van der Waals surface area contributed by atoms with Crippen LogP contribution in [0.5, 0.6) is 5.75 Å². The number of amides is 2.